The van der Waals surface area contributed by atoms with Crippen LogP contribution in [-0.2, 0) is 0 Å². The van der Waals surface area contributed by atoms with E-state index in [2.05, 4.69) is 5.32 Å². The molecule has 2 aromatic rings. The van der Waals surface area contributed by atoms with Gasteiger partial charge in [-0.05, 0) is 23.3 Å². The lowest BCUT2D eigenvalue weighted by Crippen LogP contribution is -2.10. The van der Waals surface area contributed by atoms with Crippen LogP contribution in [-0.4, -0.2) is 17.6 Å². The number of hydrogen-bond donors (Lipinski definition) is 2. The molecule has 0 unspecified atom stereocenters. The highest BCUT2D eigenvalue weighted by Gasteiger charge is 2.18. The number of rotatable bonds is 2. The fourth-order valence-corrected chi connectivity index (χ4v) is 2.40. The van der Waals surface area contributed by atoms with Crippen molar-refractivity contribution in [2.45, 2.75) is 0 Å². The molecule has 0 atom stereocenters. The highest BCUT2D eigenvalue weighted by molar-refractivity contribution is 5.99. The van der Waals surface area contributed by atoms with Crippen LogP contribution >= 0.6 is 0 Å². The summed E-state index contributed by atoms with van der Waals surface area (Å²) in [6, 6.07) is 15.1. The van der Waals surface area contributed by atoms with Gasteiger partial charge in [-0.2, -0.15) is 0 Å². The molecule has 19 heavy (non-hydrogen) atoms. The fourth-order valence-electron chi connectivity index (χ4n) is 2.40. The van der Waals surface area contributed by atoms with E-state index in [1.807, 2.05) is 42.5 Å². The Morgan fingerprint density at radius 1 is 1.00 bits per heavy atom. The maximum absolute atomic E-state index is 11.3. The summed E-state index contributed by atoms with van der Waals surface area (Å²) in [4.78, 5) is 11.3. The quantitative estimate of drug-likeness (QED) is 0.861. The summed E-state index contributed by atoms with van der Waals surface area (Å²) in [5, 5.41) is 12.6. The maximum Gasteiger partial charge on any atom is 0.336 e. The summed E-state index contributed by atoms with van der Waals surface area (Å²) in [6.07, 6.45) is 2.03. The molecule has 1 heterocycles. The molecule has 0 saturated carbocycles. The lowest BCUT2D eigenvalue weighted by molar-refractivity contribution is 0.0696. The van der Waals surface area contributed by atoms with Crippen LogP contribution in [0.3, 0.4) is 0 Å². The zero-order valence-corrected chi connectivity index (χ0v) is 10.3. The van der Waals surface area contributed by atoms with Crippen LogP contribution in [0.4, 0.5) is 5.69 Å². The third-order valence-corrected chi connectivity index (χ3v) is 3.26. The van der Waals surface area contributed by atoms with Gasteiger partial charge in [0.1, 0.15) is 0 Å². The molecule has 1 aliphatic heterocycles. The van der Waals surface area contributed by atoms with Crippen molar-refractivity contribution in [1.82, 2.24) is 0 Å². The number of benzene rings is 2. The van der Waals surface area contributed by atoms with Crippen molar-refractivity contribution < 1.29 is 9.90 Å². The second-order valence-electron chi connectivity index (χ2n) is 4.40. The zero-order chi connectivity index (χ0) is 13.2. The fraction of sp³-hybridized carbons (Fsp3) is 0.0625. The number of para-hydroxylation sites is 1. The van der Waals surface area contributed by atoms with Gasteiger partial charge in [-0.25, -0.2) is 4.79 Å². The van der Waals surface area contributed by atoms with Crippen molar-refractivity contribution in [3.05, 3.63) is 71.3 Å². The van der Waals surface area contributed by atoms with Crippen LogP contribution in [0.15, 0.2) is 54.6 Å². The monoisotopic (exact) mass is 251 g/mol. The number of carbonyl (C=O) groups is 1. The number of nitrogens with one attached hydrogen (secondary N) is 1. The predicted octanol–water partition coefficient (Wildman–Crippen LogP) is 3.24. The number of hydrogen-bond acceptors (Lipinski definition) is 2. The minimum Gasteiger partial charge on any atom is -0.478 e. The third kappa shape index (κ3) is 1.99. The van der Waals surface area contributed by atoms with Gasteiger partial charge in [-0.1, -0.05) is 42.5 Å². The van der Waals surface area contributed by atoms with Gasteiger partial charge in [0.15, 0.2) is 0 Å². The first kappa shape index (κ1) is 11.5. The standard InChI is InChI=1S/C16H13NO2/c18-16(19)14-7-2-1-5-11(14)12-9-10-17-15-8-4-3-6-13(12)15/h1-9,17H,10H2,(H,18,19). The van der Waals surface area contributed by atoms with E-state index in [0.717, 1.165) is 22.4 Å². The Bertz CT molecular complexity index is 674. The van der Waals surface area contributed by atoms with E-state index in [4.69, 9.17) is 0 Å². The van der Waals surface area contributed by atoms with Crippen molar-refractivity contribution in [3.8, 4) is 0 Å². The number of anilines is 1. The third-order valence-electron chi connectivity index (χ3n) is 3.26. The van der Waals surface area contributed by atoms with Crippen LogP contribution < -0.4 is 5.32 Å². The molecule has 3 nitrogen and oxygen atoms in total. The summed E-state index contributed by atoms with van der Waals surface area (Å²) in [5.74, 6) is -0.896. The Hall–Kier alpha value is -2.55. The molecule has 0 fully saturated rings. The molecule has 1 aliphatic rings. The number of aromatic carboxylic acids is 1. The van der Waals surface area contributed by atoms with Crippen molar-refractivity contribution >= 4 is 17.2 Å². The molecule has 0 radical (unpaired) electrons. The topological polar surface area (TPSA) is 49.3 Å². The van der Waals surface area contributed by atoms with Crippen LogP contribution in [0.25, 0.3) is 5.57 Å². The second kappa shape index (κ2) is 4.61. The lowest BCUT2D eigenvalue weighted by Gasteiger charge is -2.20. The van der Waals surface area contributed by atoms with Crippen molar-refractivity contribution in [2.75, 3.05) is 11.9 Å². The Kier molecular flexibility index (Phi) is 2.80. The van der Waals surface area contributed by atoms with Gasteiger partial charge >= 0.3 is 5.97 Å². The Morgan fingerprint density at radius 3 is 2.47 bits per heavy atom. The molecule has 0 bridgehead atoms. The SMILES string of the molecule is O=C(O)c1ccccc1C1=CCNc2ccccc21. The first-order valence-corrected chi connectivity index (χ1v) is 6.13. The van der Waals surface area contributed by atoms with Crippen molar-refractivity contribution in [3.63, 3.8) is 0 Å². The molecular weight excluding hydrogens is 238 g/mol. The Labute approximate surface area is 111 Å². The van der Waals surface area contributed by atoms with E-state index >= 15 is 0 Å². The lowest BCUT2D eigenvalue weighted by atomic mass is 9.91. The molecule has 0 aliphatic carbocycles. The molecule has 0 aromatic heterocycles. The average molecular weight is 251 g/mol. The summed E-state index contributed by atoms with van der Waals surface area (Å²) < 4.78 is 0. The number of carboxylic acids is 1. The second-order valence-corrected chi connectivity index (χ2v) is 4.40. The highest BCUT2D eigenvalue weighted by Crippen LogP contribution is 2.33. The number of carboxylic acid groups (broad SMARTS) is 1. The molecule has 2 aromatic carbocycles. The summed E-state index contributed by atoms with van der Waals surface area (Å²) in [5.41, 5.74) is 4.17. The van der Waals surface area contributed by atoms with Crippen LogP contribution in [0.5, 0.6) is 0 Å². The minimum atomic E-state index is -0.896. The molecule has 3 heteroatoms. The van der Waals surface area contributed by atoms with Crippen LogP contribution in [0.1, 0.15) is 21.5 Å². The minimum absolute atomic E-state index is 0.338. The summed E-state index contributed by atoms with van der Waals surface area (Å²) in [6.45, 7) is 0.709. The molecule has 3 rings (SSSR count). The van der Waals surface area contributed by atoms with Crippen molar-refractivity contribution in [1.29, 1.82) is 0 Å². The smallest absolute Gasteiger partial charge is 0.336 e. The zero-order valence-electron chi connectivity index (χ0n) is 10.3. The van der Waals surface area contributed by atoms with Gasteiger partial charge in [0.05, 0.1) is 5.56 Å². The summed E-state index contributed by atoms with van der Waals surface area (Å²) in [7, 11) is 0. The van der Waals surface area contributed by atoms with Gasteiger partial charge in [-0.3, -0.25) is 0 Å². The first-order valence-electron chi connectivity index (χ1n) is 6.13. The van der Waals surface area contributed by atoms with Gasteiger partial charge < -0.3 is 10.4 Å². The summed E-state index contributed by atoms with van der Waals surface area (Å²) >= 11 is 0. The predicted molar refractivity (Wildman–Crippen MR) is 75.4 cm³/mol. The van der Waals surface area contributed by atoms with Crippen molar-refractivity contribution in [2.24, 2.45) is 0 Å². The Balaban J connectivity index is 2.18. The number of fused-ring (bicyclic) bond motifs is 1. The molecule has 0 saturated heterocycles. The van der Waals surface area contributed by atoms with Gasteiger partial charge in [0, 0.05) is 17.8 Å². The highest BCUT2D eigenvalue weighted by atomic mass is 16.4. The van der Waals surface area contributed by atoms with Gasteiger partial charge in [0.2, 0.25) is 0 Å². The van der Waals surface area contributed by atoms with E-state index in [1.54, 1.807) is 12.1 Å². The maximum atomic E-state index is 11.3. The molecule has 0 amide bonds. The van der Waals surface area contributed by atoms with Crippen LogP contribution in [0.2, 0.25) is 0 Å². The molecular formula is C16H13NO2. The van der Waals surface area contributed by atoms with E-state index in [-0.39, 0.29) is 0 Å². The normalized spacial score (nSPS) is 13.2. The molecule has 94 valence electrons. The molecule has 2 N–H and O–H groups in total. The van der Waals surface area contributed by atoms with E-state index < -0.39 is 5.97 Å². The van der Waals surface area contributed by atoms with E-state index in [9.17, 15) is 9.90 Å². The average Bonchev–Trinajstić information content (AvgIpc) is 2.46. The van der Waals surface area contributed by atoms with Gasteiger partial charge in [0.25, 0.3) is 0 Å². The largest absolute Gasteiger partial charge is 0.478 e. The first-order chi connectivity index (χ1) is 9.27. The van der Waals surface area contributed by atoms with Gasteiger partial charge in [-0.15, -0.1) is 0 Å². The van der Waals surface area contributed by atoms with E-state index in [0.29, 0.717) is 12.1 Å². The Morgan fingerprint density at radius 2 is 1.68 bits per heavy atom. The molecule has 0 spiro atoms. The van der Waals surface area contributed by atoms with E-state index in [1.165, 1.54) is 0 Å². The van der Waals surface area contributed by atoms with Crippen LogP contribution in [0, 0.1) is 0 Å².